The van der Waals surface area contributed by atoms with Crippen molar-refractivity contribution in [3.8, 4) is 0 Å². The lowest BCUT2D eigenvalue weighted by Crippen LogP contribution is -2.28. The molecular formula is C9H14O2. The van der Waals surface area contributed by atoms with Crippen molar-refractivity contribution in [3.05, 3.63) is 0 Å². The Kier molecular flexibility index (Phi) is 2.42. The van der Waals surface area contributed by atoms with Gasteiger partial charge in [0.25, 0.3) is 0 Å². The zero-order valence-corrected chi connectivity index (χ0v) is 7.09. The van der Waals surface area contributed by atoms with Crippen LogP contribution in [-0.4, -0.2) is 11.6 Å². The topological polar surface area (TPSA) is 34.1 Å². The molecule has 0 radical (unpaired) electrons. The Hall–Kier alpha value is -0.660. The molecule has 11 heavy (non-hydrogen) atoms. The molecule has 1 fully saturated rings. The average molecular weight is 154 g/mol. The van der Waals surface area contributed by atoms with Gasteiger partial charge in [0.1, 0.15) is 11.6 Å². The summed E-state index contributed by atoms with van der Waals surface area (Å²) in [5.41, 5.74) is 0. The smallest absolute Gasteiger partial charge is 0.143 e. The molecule has 1 aliphatic rings. The second-order valence-electron chi connectivity index (χ2n) is 3.52. The summed E-state index contributed by atoms with van der Waals surface area (Å²) in [6.07, 6.45) is 2.40. The van der Waals surface area contributed by atoms with Crippen molar-refractivity contribution in [1.82, 2.24) is 0 Å². The van der Waals surface area contributed by atoms with Gasteiger partial charge < -0.3 is 0 Å². The van der Waals surface area contributed by atoms with Crippen molar-refractivity contribution in [2.75, 3.05) is 0 Å². The van der Waals surface area contributed by atoms with E-state index in [2.05, 4.69) is 6.92 Å². The maximum atomic E-state index is 11.2. The minimum absolute atomic E-state index is 0.0434. The molecule has 0 aromatic carbocycles. The van der Waals surface area contributed by atoms with Gasteiger partial charge >= 0.3 is 0 Å². The van der Waals surface area contributed by atoms with E-state index in [1.165, 1.54) is 6.92 Å². The van der Waals surface area contributed by atoms with Crippen molar-refractivity contribution in [2.24, 2.45) is 11.8 Å². The van der Waals surface area contributed by atoms with Crippen LogP contribution in [0.15, 0.2) is 0 Å². The molecule has 2 heteroatoms. The van der Waals surface area contributed by atoms with Crippen LogP contribution in [0.3, 0.4) is 0 Å². The fourth-order valence-corrected chi connectivity index (χ4v) is 1.63. The molecule has 1 rings (SSSR count). The fraction of sp³-hybridized carbons (Fsp3) is 0.778. The van der Waals surface area contributed by atoms with Crippen LogP contribution in [-0.2, 0) is 9.59 Å². The second-order valence-corrected chi connectivity index (χ2v) is 3.52. The highest BCUT2D eigenvalue weighted by Gasteiger charge is 2.28. The third-order valence-corrected chi connectivity index (χ3v) is 2.38. The number of rotatable bonds is 1. The maximum Gasteiger partial charge on any atom is 0.143 e. The number of hydrogen-bond acceptors (Lipinski definition) is 2. The van der Waals surface area contributed by atoms with E-state index >= 15 is 0 Å². The van der Waals surface area contributed by atoms with Gasteiger partial charge in [0.05, 0.1) is 5.92 Å². The Balaban J connectivity index is 2.58. The first kappa shape index (κ1) is 8.44. The number of hydrogen-bond donors (Lipinski definition) is 0. The molecule has 2 nitrogen and oxygen atoms in total. The summed E-state index contributed by atoms with van der Waals surface area (Å²) in [5, 5.41) is 0. The van der Waals surface area contributed by atoms with Gasteiger partial charge in [0.15, 0.2) is 0 Å². The minimum Gasteiger partial charge on any atom is -0.299 e. The van der Waals surface area contributed by atoms with E-state index in [0.717, 1.165) is 12.8 Å². The zero-order valence-electron chi connectivity index (χ0n) is 7.09. The number of Topliss-reactive ketones (excluding diaryl/α,β-unsaturated/α-hetero) is 2. The Morgan fingerprint density at radius 2 is 2.09 bits per heavy atom. The van der Waals surface area contributed by atoms with Crippen molar-refractivity contribution in [1.29, 1.82) is 0 Å². The maximum absolute atomic E-state index is 11.2. The van der Waals surface area contributed by atoms with Gasteiger partial charge in [-0.3, -0.25) is 9.59 Å². The highest BCUT2D eigenvalue weighted by Crippen LogP contribution is 2.25. The molecule has 1 aliphatic carbocycles. The van der Waals surface area contributed by atoms with Gasteiger partial charge in [-0.25, -0.2) is 0 Å². The van der Waals surface area contributed by atoms with E-state index in [1.54, 1.807) is 0 Å². The fourth-order valence-electron chi connectivity index (χ4n) is 1.63. The van der Waals surface area contributed by atoms with Gasteiger partial charge in [0, 0.05) is 6.42 Å². The van der Waals surface area contributed by atoms with Gasteiger partial charge in [-0.1, -0.05) is 6.92 Å². The molecule has 0 aromatic heterocycles. The quantitative estimate of drug-likeness (QED) is 0.537. The van der Waals surface area contributed by atoms with E-state index in [-0.39, 0.29) is 17.5 Å². The van der Waals surface area contributed by atoms with Gasteiger partial charge in [-0.05, 0) is 25.7 Å². The van der Waals surface area contributed by atoms with E-state index in [9.17, 15) is 9.59 Å². The Morgan fingerprint density at radius 1 is 1.45 bits per heavy atom. The lowest BCUT2D eigenvalue weighted by atomic mass is 9.80. The molecule has 0 heterocycles. The van der Waals surface area contributed by atoms with Crippen LogP contribution in [0.4, 0.5) is 0 Å². The molecule has 0 spiro atoms. The second kappa shape index (κ2) is 3.16. The minimum atomic E-state index is -0.272. The van der Waals surface area contributed by atoms with E-state index in [0.29, 0.717) is 12.3 Å². The molecule has 0 bridgehead atoms. The summed E-state index contributed by atoms with van der Waals surface area (Å²) < 4.78 is 0. The first-order chi connectivity index (χ1) is 5.11. The molecule has 0 N–H and O–H groups in total. The monoisotopic (exact) mass is 154 g/mol. The molecule has 0 aliphatic heterocycles. The molecule has 1 saturated carbocycles. The normalized spacial score (nSPS) is 32.0. The third-order valence-electron chi connectivity index (χ3n) is 2.38. The van der Waals surface area contributed by atoms with Crippen LogP contribution in [0.5, 0.6) is 0 Å². The molecule has 2 atom stereocenters. The van der Waals surface area contributed by atoms with Crippen LogP contribution in [0.2, 0.25) is 0 Å². The van der Waals surface area contributed by atoms with E-state index in [4.69, 9.17) is 0 Å². The summed E-state index contributed by atoms with van der Waals surface area (Å²) in [6.45, 7) is 3.58. The summed E-state index contributed by atoms with van der Waals surface area (Å²) in [7, 11) is 0. The van der Waals surface area contributed by atoms with Crippen LogP contribution >= 0.6 is 0 Å². The lowest BCUT2D eigenvalue weighted by molar-refractivity contribution is -0.134. The Morgan fingerprint density at radius 3 is 2.55 bits per heavy atom. The third kappa shape index (κ3) is 1.88. The van der Waals surface area contributed by atoms with Crippen molar-refractivity contribution < 1.29 is 9.59 Å². The lowest BCUT2D eigenvalue weighted by Gasteiger charge is -2.22. The molecule has 0 aromatic rings. The Labute approximate surface area is 67.0 Å². The average Bonchev–Trinajstić information content (AvgIpc) is 1.85. The zero-order chi connectivity index (χ0) is 8.43. The summed E-state index contributed by atoms with van der Waals surface area (Å²) >= 11 is 0. The molecule has 1 unspecified atom stereocenters. The van der Waals surface area contributed by atoms with Crippen molar-refractivity contribution >= 4 is 11.6 Å². The van der Waals surface area contributed by atoms with Gasteiger partial charge in [-0.2, -0.15) is 0 Å². The van der Waals surface area contributed by atoms with Gasteiger partial charge in [0.2, 0.25) is 0 Å². The van der Waals surface area contributed by atoms with Crippen LogP contribution in [0.25, 0.3) is 0 Å². The predicted molar refractivity (Wildman–Crippen MR) is 42.2 cm³/mol. The molecule has 0 amide bonds. The van der Waals surface area contributed by atoms with E-state index in [1.807, 2.05) is 0 Å². The van der Waals surface area contributed by atoms with Crippen LogP contribution in [0, 0.1) is 11.8 Å². The summed E-state index contributed by atoms with van der Waals surface area (Å²) in [6, 6.07) is 0. The Bertz CT molecular complexity index is 184. The highest BCUT2D eigenvalue weighted by atomic mass is 16.1. The number of carbonyl (C=O) groups is 2. The number of ketones is 2. The first-order valence-corrected chi connectivity index (χ1v) is 4.14. The highest BCUT2D eigenvalue weighted by molar-refractivity contribution is 6.01. The summed E-state index contributed by atoms with van der Waals surface area (Å²) in [5.74, 6) is 0.405. The number of carbonyl (C=O) groups excluding carboxylic acids is 2. The predicted octanol–water partition coefficient (Wildman–Crippen LogP) is 1.58. The van der Waals surface area contributed by atoms with Crippen molar-refractivity contribution in [3.63, 3.8) is 0 Å². The van der Waals surface area contributed by atoms with E-state index < -0.39 is 0 Å². The molecular weight excluding hydrogens is 140 g/mol. The van der Waals surface area contributed by atoms with Crippen LogP contribution < -0.4 is 0 Å². The molecule has 62 valence electrons. The standard InChI is InChI=1S/C9H14O2/c1-6-3-4-8(7(2)10)9(11)5-6/h6,8H,3-5H2,1-2H3/t6-,8?/m1/s1. The van der Waals surface area contributed by atoms with Crippen molar-refractivity contribution in [2.45, 2.75) is 33.1 Å². The SMILES string of the molecule is CC(=O)C1CC[C@@H](C)CC1=O. The first-order valence-electron chi connectivity index (χ1n) is 4.14. The largest absolute Gasteiger partial charge is 0.299 e. The van der Waals surface area contributed by atoms with Gasteiger partial charge in [-0.15, -0.1) is 0 Å². The summed E-state index contributed by atoms with van der Waals surface area (Å²) in [4.78, 5) is 22.1. The molecule has 0 saturated heterocycles. The van der Waals surface area contributed by atoms with Crippen LogP contribution in [0.1, 0.15) is 33.1 Å².